The number of sulfonamides is 1. The molecule has 1 saturated heterocycles. The molecular formula is C22H25F3N4O3S. The van der Waals surface area contributed by atoms with Crippen LogP contribution in [0.15, 0.2) is 47.5 Å². The van der Waals surface area contributed by atoms with Gasteiger partial charge >= 0.3 is 6.18 Å². The molecule has 1 aliphatic carbocycles. The number of hydrogen-bond acceptors (Lipinski definition) is 5. The Balaban J connectivity index is 1.25. The van der Waals surface area contributed by atoms with E-state index in [1.165, 1.54) is 6.07 Å². The van der Waals surface area contributed by atoms with E-state index in [1.54, 1.807) is 29.2 Å². The van der Waals surface area contributed by atoms with Crippen LogP contribution in [0.25, 0.3) is 0 Å². The standard InChI is InChI=1S/C22H25F3N4O3S/c23-22(24,25)17-4-9-20(26-15-17)28-11-13-29(14-12-28)21(30)10-3-16-1-7-19(8-2-16)33(31,32)27-18-5-6-18/h1-2,4,7-9,15,18,27H,3,5-6,10-14H2. The first kappa shape index (κ1) is 23.5. The Labute approximate surface area is 190 Å². The molecule has 2 aliphatic rings. The normalized spacial score (nSPS) is 17.3. The van der Waals surface area contributed by atoms with Gasteiger partial charge in [0.1, 0.15) is 5.82 Å². The molecule has 1 aromatic carbocycles. The van der Waals surface area contributed by atoms with E-state index in [0.717, 1.165) is 30.7 Å². The molecule has 2 fully saturated rings. The number of anilines is 1. The number of rotatable bonds is 7. The minimum absolute atomic E-state index is 0.0119. The highest BCUT2D eigenvalue weighted by Crippen LogP contribution is 2.29. The summed E-state index contributed by atoms with van der Waals surface area (Å²) in [4.78, 5) is 20.3. The average molecular weight is 483 g/mol. The predicted octanol–water partition coefficient (Wildman–Crippen LogP) is 2.82. The third kappa shape index (κ3) is 6.02. The van der Waals surface area contributed by atoms with Gasteiger partial charge in [-0.1, -0.05) is 12.1 Å². The van der Waals surface area contributed by atoms with Crippen LogP contribution in [-0.4, -0.2) is 56.4 Å². The van der Waals surface area contributed by atoms with Crippen molar-refractivity contribution < 1.29 is 26.4 Å². The quantitative estimate of drug-likeness (QED) is 0.656. The monoisotopic (exact) mass is 482 g/mol. The third-order valence-corrected chi connectivity index (χ3v) is 7.33. The van der Waals surface area contributed by atoms with Crippen LogP contribution in [0, 0.1) is 0 Å². The predicted molar refractivity (Wildman–Crippen MR) is 116 cm³/mol. The van der Waals surface area contributed by atoms with Gasteiger partial charge in [-0.3, -0.25) is 4.79 Å². The summed E-state index contributed by atoms with van der Waals surface area (Å²) in [5.41, 5.74) is 0.0891. The van der Waals surface area contributed by atoms with Gasteiger partial charge in [0.15, 0.2) is 0 Å². The van der Waals surface area contributed by atoms with Crippen LogP contribution in [0.3, 0.4) is 0 Å². The highest BCUT2D eigenvalue weighted by Gasteiger charge is 2.31. The van der Waals surface area contributed by atoms with Crippen molar-refractivity contribution in [3.8, 4) is 0 Å². The second kappa shape index (κ2) is 9.30. The fourth-order valence-electron chi connectivity index (χ4n) is 3.66. The van der Waals surface area contributed by atoms with Crippen molar-refractivity contribution in [2.45, 2.75) is 42.8 Å². The average Bonchev–Trinajstić information content (AvgIpc) is 3.61. The number of nitrogens with one attached hydrogen (secondary N) is 1. The second-order valence-corrected chi connectivity index (χ2v) is 10.0. The number of hydrogen-bond donors (Lipinski definition) is 1. The molecule has 0 unspecified atom stereocenters. The molecule has 1 N–H and O–H groups in total. The molecule has 178 valence electrons. The summed E-state index contributed by atoms with van der Waals surface area (Å²) >= 11 is 0. The van der Waals surface area contributed by atoms with Crippen LogP contribution < -0.4 is 9.62 Å². The van der Waals surface area contributed by atoms with Crippen LogP contribution in [0.2, 0.25) is 0 Å². The smallest absolute Gasteiger partial charge is 0.353 e. The van der Waals surface area contributed by atoms with Crippen molar-refractivity contribution in [3.63, 3.8) is 0 Å². The van der Waals surface area contributed by atoms with Gasteiger partial charge in [0.25, 0.3) is 0 Å². The van der Waals surface area contributed by atoms with Crippen molar-refractivity contribution in [1.29, 1.82) is 0 Å². The lowest BCUT2D eigenvalue weighted by Gasteiger charge is -2.35. The van der Waals surface area contributed by atoms with E-state index in [4.69, 9.17) is 0 Å². The Hall–Kier alpha value is -2.66. The van der Waals surface area contributed by atoms with Crippen molar-refractivity contribution in [2.24, 2.45) is 0 Å². The van der Waals surface area contributed by atoms with E-state index < -0.39 is 21.8 Å². The number of carbonyl (C=O) groups is 1. The van der Waals surface area contributed by atoms with Crippen molar-refractivity contribution in [3.05, 3.63) is 53.7 Å². The van der Waals surface area contributed by atoms with Gasteiger partial charge in [0.05, 0.1) is 10.5 Å². The molecule has 4 rings (SSSR count). The van der Waals surface area contributed by atoms with E-state index in [2.05, 4.69) is 9.71 Å². The number of aryl methyl sites for hydroxylation is 1. The maximum absolute atomic E-state index is 12.7. The van der Waals surface area contributed by atoms with Crippen molar-refractivity contribution >= 4 is 21.7 Å². The zero-order valence-electron chi connectivity index (χ0n) is 17.9. The van der Waals surface area contributed by atoms with Crippen LogP contribution in [0.1, 0.15) is 30.4 Å². The Bertz CT molecular complexity index is 1080. The van der Waals surface area contributed by atoms with Gasteiger partial charge in [0.2, 0.25) is 15.9 Å². The molecule has 11 heteroatoms. The molecule has 0 bridgehead atoms. The minimum atomic E-state index is -4.42. The number of benzene rings is 1. The third-order valence-electron chi connectivity index (χ3n) is 5.79. The molecule has 0 atom stereocenters. The van der Waals surface area contributed by atoms with Gasteiger partial charge in [-0.15, -0.1) is 0 Å². The molecule has 2 heterocycles. The topological polar surface area (TPSA) is 82.6 Å². The summed E-state index contributed by atoms with van der Waals surface area (Å²) in [6, 6.07) is 8.97. The van der Waals surface area contributed by atoms with Gasteiger partial charge in [-0.2, -0.15) is 13.2 Å². The summed E-state index contributed by atoms with van der Waals surface area (Å²) in [7, 11) is -3.49. The maximum Gasteiger partial charge on any atom is 0.417 e. The maximum atomic E-state index is 12.7. The molecule has 1 aromatic heterocycles. The molecule has 1 aliphatic heterocycles. The van der Waals surface area contributed by atoms with E-state index in [9.17, 15) is 26.4 Å². The first-order valence-corrected chi connectivity index (χ1v) is 12.3. The minimum Gasteiger partial charge on any atom is -0.353 e. The van der Waals surface area contributed by atoms with Gasteiger partial charge < -0.3 is 9.80 Å². The molecule has 7 nitrogen and oxygen atoms in total. The molecule has 2 aromatic rings. The molecule has 1 amide bonds. The molecular weight excluding hydrogens is 457 g/mol. The van der Waals surface area contributed by atoms with Gasteiger partial charge in [-0.25, -0.2) is 18.1 Å². The number of halogens is 3. The van der Waals surface area contributed by atoms with Crippen molar-refractivity contribution in [1.82, 2.24) is 14.6 Å². The van der Waals surface area contributed by atoms with Crippen LogP contribution in [0.5, 0.6) is 0 Å². The molecule has 0 spiro atoms. The number of amides is 1. The Morgan fingerprint density at radius 2 is 1.70 bits per heavy atom. The zero-order chi connectivity index (χ0) is 23.6. The lowest BCUT2D eigenvalue weighted by Crippen LogP contribution is -2.49. The second-order valence-electron chi connectivity index (χ2n) is 8.31. The zero-order valence-corrected chi connectivity index (χ0v) is 18.7. The van der Waals surface area contributed by atoms with Crippen LogP contribution in [0.4, 0.5) is 19.0 Å². The van der Waals surface area contributed by atoms with E-state index in [0.29, 0.717) is 44.8 Å². The summed E-state index contributed by atoms with van der Waals surface area (Å²) < 4.78 is 65.2. The SMILES string of the molecule is O=C(CCc1ccc(S(=O)(=O)NC2CC2)cc1)N1CCN(c2ccc(C(F)(F)F)cn2)CC1. The Morgan fingerprint density at radius 3 is 2.24 bits per heavy atom. The van der Waals surface area contributed by atoms with Gasteiger partial charge in [0, 0.05) is 44.8 Å². The van der Waals surface area contributed by atoms with E-state index in [-0.39, 0.29) is 16.8 Å². The fraction of sp³-hybridized carbons (Fsp3) is 0.455. The lowest BCUT2D eigenvalue weighted by atomic mass is 10.1. The number of aromatic nitrogens is 1. The molecule has 33 heavy (non-hydrogen) atoms. The number of pyridine rings is 1. The largest absolute Gasteiger partial charge is 0.417 e. The number of carbonyl (C=O) groups excluding carboxylic acids is 1. The molecule has 1 saturated carbocycles. The van der Waals surface area contributed by atoms with Crippen LogP contribution in [-0.2, 0) is 27.4 Å². The number of piperazine rings is 1. The summed E-state index contributed by atoms with van der Waals surface area (Å²) in [5, 5.41) is 0. The highest BCUT2D eigenvalue weighted by atomic mass is 32.2. The van der Waals surface area contributed by atoms with Crippen molar-refractivity contribution in [2.75, 3.05) is 31.1 Å². The first-order chi connectivity index (χ1) is 15.6. The number of alkyl halides is 3. The fourth-order valence-corrected chi connectivity index (χ4v) is 4.96. The number of nitrogens with zero attached hydrogens (tertiary/aromatic N) is 3. The summed E-state index contributed by atoms with van der Waals surface area (Å²) in [5.74, 6) is 0.448. The van der Waals surface area contributed by atoms with E-state index >= 15 is 0 Å². The van der Waals surface area contributed by atoms with Gasteiger partial charge in [-0.05, 0) is 49.1 Å². The van der Waals surface area contributed by atoms with E-state index in [1.807, 2.05) is 4.90 Å². The lowest BCUT2D eigenvalue weighted by molar-refractivity contribution is -0.137. The summed E-state index contributed by atoms with van der Waals surface area (Å²) in [6.07, 6.45) is -1.06. The Morgan fingerprint density at radius 1 is 1.03 bits per heavy atom. The summed E-state index contributed by atoms with van der Waals surface area (Å²) in [6.45, 7) is 1.91. The Kier molecular flexibility index (Phi) is 6.62. The van der Waals surface area contributed by atoms with Crippen LogP contribution >= 0.6 is 0 Å². The molecule has 0 radical (unpaired) electrons. The first-order valence-electron chi connectivity index (χ1n) is 10.8. The highest BCUT2D eigenvalue weighted by molar-refractivity contribution is 7.89.